The van der Waals surface area contributed by atoms with Gasteiger partial charge in [0.25, 0.3) is 0 Å². The SMILES string of the molecule is Cc1cc(C)n(CC(=O)NCc2nc(-c3ccccc3NC(=O)CCOc3ccccc3)oc2C)n1. The van der Waals surface area contributed by atoms with Crippen molar-refractivity contribution in [2.45, 2.75) is 40.3 Å². The first kappa shape index (κ1) is 24.7. The maximum atomic E-state index is 12.5. The van der Waals surface area contributed by atoms with Crippen molar-refractivity contribution in [1.29, 1.82) is 0 Å². The number of hydrogen-bond acceptors (Lipinski definition) is 6. The fraction of sp³-hybridized carbons (Fsp3) is 0.259. The van der Waals surface area contributed by atoms with Gasteiger partial charge in [-0.1, -0.05) is 30.3 Å². The molecule has 2 amide bonds. The van der Waals surface area contributed by atoms with E-state index < -0.39 is 0 Å². The molecule has 0 atom stereocenters. The van der Waals surface area contributed by atoms with Crippen molar-refractivity contribution >= 4 is 17.5 Å². The summed E-state index contributed by atoms with van der Waals surface area (Å²) in [6, 6.07) is 18.6. The number of nitrogens with one attached hydrogen (secondary N) is 2. The lowest BCUT2D eigenvalue weighted by Gasteiger charge is -2.10. The predicted octanol–water partition coefficient (Wildman–Crippen LogP) is 4.19. The Morgan fingerprint density at radius 1 is 1.00 bits per heavy atom. The number of benzene rings is 2. The Kier molecular flexibility index (Phi) is 7.79. The summed E-state index contributed by atoms with van der Waals surface area (Å²) in [7, 11) is 0. The van der Waals surface area contributed by atoms with E-state index >= 15 is 0 Å². The third kappa shape index (κ3) is 6.38. The van der Waals surface area contributed by atoms with Gasteiger partial charge in [0.2, 0.25) is 17.7 Å². The van der Waals surface area contributed by atoms with E-state index in [0.29, 0.717) is 28.6 Å². The summed E-state index contributed by atoms with van der Waals surface area (Å²) in [5.41, 5.74) is 3.64. The number of anilines is 1. The van der Waals surface area contributed by atoms with Crippen LogP contribution in [0.4, 0.5) is 5.69 Å². The van der Waals surface area contributed by atoms with E-state index in [1.54, 1.807) is 17.7 Å². The normalized spacial score (nSPS) is 10.8. The summed E-state index contributed by atoms with van der Waals surface area (Å²) in [5, 5.41) is 10.1. The monoisotopic (exact) mass is 487 g/mol. The van der Waals surface area contributed by atoms with E-state index in [4.69, 9.17) is 9.15 Å². The zero-order valence-electron chi connectivity index (χ0n) is 20.6. The van der Waals surface area contributed by atoms with Gasteiger partial charge < -0.3 is 19.8 Å². The van der Waals surface area contributed by atoms with Crippen LogP contribution in [0.25, 0.3) is 11.5 Å². The molecule has 186 valence electrons. The van der Waals surface area contributed by atoms with Crippen LogP contribution < -0.4 is 15.4 Å². The molecule has 0 saturated heterocycles. The Balaban J connectivity index is 1.36. The molecule has 0 spiro atoms. The summed E-state index contributed by atoms with van der Waals surface area (Å²) in [5.74, 6) is 1.32. The molecule has 0 unspecified atom stereocenters. The minimum atomic E-state index is -0.182. The van der Waals surface area contributed by atoms with Gasteiger partial charge in [-0.25, -0.2) is 4.98 Å². The summed E-state index contributed by atoms with van der Waals surface area (Å²) in [6.07, 6.45) is 0.195. The Morgan fingerprint density at radius 3 is 2.50 bits per heavy atom. The van der Waals surface area contributed by atoms with Gasteiger partial charge in [0.15, 0.2) is 0 Å². The first-order valence-corrected chi connectivity index (χ1v) is 11.7. The van der Waals surface area contributed by atoms with E-state index in [-0.39, 0.29) is 37.9 Å². The van der Waals surface area contributed by atoms with Crippen molar-refractivity contribution in [2.75, 3.05) is 11.9 Å². The van der Waals surface area contributed by atoms with Crippen molar-refractivity contribution in [3.05, 3.63) is 83.5 Å². The Hall–Kier alpha value is -4.40. The summed E-state index contributed by atoms with van der Waals surface area (Å²) >= 11 is 0. The maximum Gasteiger partial charge on any atom is 0.242 e. The molecule has 2 aromatic heterocycles. The highest BCUT2D eigenvalue weighted by Gasteiger charge is 2.17. The van der Waals surface area contributed by atoms with E-state index in [9.17, 15) is 9.59 Å². The molecule has 0 bridgehead atoms. The number of rotatable bonds is 10. The molecule has 0 saturated carbocycles. The number of carbonyl (C=O) groups is 2. The van der Waals surface area contributed by atoms with Crippen LogP contribution in [-0.2, 0) is 22.7 Å². The molecule has 4 aromatic rings. The molecule has 2 heterocycles. The Labute approximate surface area is 209 Å². The number of aryl methyl sites for hydroxylation is 3. The molecule has 9 nitrogen and oxygen atoms in total. The number of carbonyl (C=O) groups excluding carboxylic acids is 2. The number of para-hydroxylation sites is 2. The average Bonchev–Trinajstić information content (AvgIpc) is 3.38. The largest absolute Gasteiger partial charge is 0.493 e. The summed E-state index contributed by atoms with van der Waals surface area (Å²) in [6.45, 7) is 6.21. The van der Waals surface area contributed by atoms with E-state index in [2.05, 4.69) is 20.7 Å². The standard InChI is InChI=1S/C27H29N5O4/c1-18-15-19(2)32(31-18)17-26(34)28-16-24-20(3)36-27(30-24)22-11-7-8-12-23(22)29-25(33)13-14-35-21-9-5-4-6-10-21/h4-12,15H,13-14,16-17H2,1-3H3,(H,28,34)(H,29,33). The molecule has 0 fully saturated rings. The molecule has 2 N–H and O–H groups in total. The van der Waals surface area contributed by atoms with Crippen molar-refractivity contribution < 1.29 is 18.7 Å². The van der Waals surface area contributed by atoms with Crippen LogP contribution in [0.1, 0.15) is 29.3 Å². The highest BCUT2D eigenvalue weighted by molar-refractivity contribution is 5.94. The fourth-order valence-electron chi connectivity index (χ4n) is 3.69. The van der Waals surface area contributed by atoms with Gasteiger partial charge in [-0.05, 0) is 51.1 Å². The number of ether oxygens (including phenoxy) is 1. The first-order valence-electron chi connectivity index (χ1n) is 11.7. The number of nitrogens with zero attached hydrogens (tertiary/aromatic N) is 3. The van der Waals surface area contributed by atoms with Crippen molar-refractivity contribution in [3.8, 4) is 17.2 Å². The second-order valence-electron chi connectivity index (χ2n) is 8.39. The fourth-order valence-corrected chi connectivity index (χ4v) is 3.69. The van der Waals surface area contributed by atoms with Gasteiger partial charge in [0, 0.05) is 5.69 Å². The molecule has 2 aromatic carbocycles. The molecule has 0 radical (unpaired) electrons. The van der Waals surface area contributed by atoms with Gasteiger partial charge >= 0.3 is 0 Å². The molecular formula is C27H29N5O4. The van der Waals surface area contributed by atoms with E-state index in [0.717, 1.165) is 17.1 Å². The molecular weight excluding hydrogens is 458 g/mol. The first-order chi connectivity index (χ1) is 17.4. The lowest BCUT2D eigenvalue weighted by Crippen LogP contribution is -2.28. The highest BCUT2D eigenvalue weighted by Crippen LogP contribution is 2.29. The van der Waals surface area contributed by atoms with Crippen molar-refractivity contribution in [3.63, 3.8) is 0 Å². The van der Waals surface area contributed by atoms with Crippen LogP contribution in [0.5, 0.6) is 5.75 Å². The second-order valence-corrected chi connectivity index (χ2v) is 8.39. The zero-order chi connectivity index (χ0) is 25.5. The number of amides is 2. The van der Waals surface area contributed by atoms with Crippen LogP contribution in [0.15, 0.2) is 65.1 Å². The van der Waals surface area contributed by atoms with Crippen LogP contribution in [0, 0.1) is 20.8 Å². The predicted molar refractivity (Wildman–Crippen MR) is 135 cm³/mol. The molecule has 36 heavy (non-hydrogen) atoms. The van der Waals surface area contributed by atoms with Gasteiger partial charge in [0.05, 0.1) is 36.5 Å². The van der Waals surface area contributed by atoms with Crippen LogP contribution >= 0.6 is 0 Å². The number of aromatic nitrogens is 3. The molecule has 4 rings (SSSR count). The zero-order valence-corrected chi connectivity index (χ0v) is 20.6. The van der Waals surface area contributed by atoms with Crippen LogP contribution in [-0.4, -0.2) is 33.2 Å². The lowest BCUT2D eigenvalue weighted by molar-refractivity contribution is -0.122. The number of oxazole rings is 1. The minimum absolute atomic E-state index is 0.131. The van der Waals surface area contributed by atoms with Gasteiger partial charge in [-0.3, -0.25) is 14.3 Å². The molecule has 9 heteroatoms. The molecule has 0 aliphatic rings. The van der Waals surface area contributed by atoms with Gasteiger partial charge in [-0.2, -0.15) is 5.10 Å². The Bertz CT molecular complexity index is 1340. The van der Waals surface area contributed by atoms with Crippen LogP contribution in [0.2, 0.25) is 0 Å². The minimum Gasteiger partial charge on any atom is -0.493 e. The topological polar surface area (TPSA) is 111 Å². The maximum absolute atomic E-state index is 12.5. The summed E-state index contributed by atoms with van der Waals surface area (Å²) in [4.78, 5) is 29.5. The quantitative estimate of drug-likeness (QED) is 0.347. The number of hydrogen-bond donors (Lipinski definition) is 2. The third-order valence-electron chi connectivity index (χ3n) is 5.52. The lowest BCUT2D eigenvalue weighted by atomic mass is 10.1. The third-order valence-corrected chi connectivity index (χ3v) is 5.52. The Morgan fingerprint density at radius 2 is 1.75 bits per heavy atom. The second kappa shape index (κ2) is 11.4. The summed E-state index contributed by atoms with van der Waals surface area (Å²) < 4.78 is 13.1. The van der Waals surface area contributed by atoms with Gasteiger partial charge in [-0.15, -0.1) is 0 Å². The average molecular weight is 488 g/mol. The van der Waals surface area contributed by atoms with E-state index in [1.807, 2.05) is 68.4 Å². The molecule has 0 aliphatic heterocycles. The highest BCUT2D eigenvalue weighted by atomic mass is 16.5. The van der Waals surface area contributed by atoms with Crippen molar-refractivity contribution in [1.82, 2.24) is 20.1 Å². The smallest absolute Gasteiger partial charge is 0.242 e. The van der Waals surface area contributed by atoms with Gasteiger partial charge in [0.1, 0.15) is 23.7 Å². The van der Waals surface area contributed by atoms with Crippen molar-refractivity contribution in [2.24, 2.45) is 0 Å². The van der Waals surface area contributed by atoms with Crippen LogP contribution in [0.3, 0.4) is 0 Å². The van der Waals surface area contributed by atoms with E-state index in [1.165, 1.54) is 0 Å². The molecule has 0 aliphatic carbocycles.